The molecule has 20 heteroatoms. The average molecular weight is 1140 g/mol. The number of hydrogen-bond acceptors (Lipinski definition) is 19. The standard InChI is InChI=1S/C27H18O8.C19H16O6.C18H14O6/c1-33-25(30)15-12-10-14(11-13-15)20(21-23(28)16-6-2-4-8-18(16)34-26(21)31)22-24(29)17-7-3-5-9-19(17)35-27(22)32;1-23-15-8-7-11(9-13(15)18(21)24-2)10-14-17(20)12-5-3-4-6-16(12)25-19(14)22;1-23-14-7-6-10(8-12(14)17(20)21)9-13-16(19)11-4-2-3-5-15(11)24-18(13)22/h2-13,20,28-29H,1H3;3-9,20H,10H2,1-2H3;2-8,19H,9H2,1H3,(H,20,21). The Hall–Kier alpha value is -11.4. The van der Waals surface area contributed by atoms with Gasteiger partial charge in [0, 0.05) is 12.8 Å². The first kappa shape index (κ1) is 57.3. The number of aromatic hydroxyl groups is 4. The van der Waals surface area contributed by atoms with Crippen LogP contribution >= 0.6 is 0 Å². The zero-order chi connectivity index (χ0) is 59.9. The smallest absolute Gasteiger partial charge is 0.344 e. The van der Waals surface area contributed by atoms with Crippen LogP contribution in [0.2, 0.25) is 0 Å². The van der Waals surface area contributed by atoms with E-state index < -0.39 is 57.8 Å². The average Bonchev–Trinajstić information content (AvgIpc) is 1.75. The Kier molecular flexibility index (Phi) is 16.7. The Morgan fingerprint density at radius 1 is 0.429 bits per heavy atom. The predicted molar refractivity (Wildman–Crippen MR) is 305 cm³/mol. The van der Waals surface area contributed by atoms with E-state index in [-0.39, 0.29) is 91.0 Å². The third-order valence-corrected chi connectivity index (χ3v) is 13.6. The fraction of sp³-hybridized carbons (Fsp3) is 0.109. The molecule has 20 nitrogen and oxygen atoms in total. The van der Waals surface area contributed by atoms with E-state index >= 15 is 0 Å². The fourth-order valence-corrected chi connectivity index (χ4v) is 9.44. The van der Waals surface area contributed by atoms with E-state index in [4.69, 9.17) is 36.6 Å². The van der Waals surface area contributed by atoms with Gasteiger partial charge in [0.05, 0.1) is 83.7 Å². The number of ether oxygens (including phenoxy) is 4. The monoisotopic (exact) mass is 1140 g/mol. The van der Waals surface area contributed by atoms with Crippen molar-refractivity contribution in [3.05, 3.63) is 255 Å². The molecule has 0 bridgehead atoms. The minimum absolute atomic E-state index is 0.0142. The summed E-state index contributed by atoms with van der Waals surface area (Å²) in [5, 5.41) is 53.7. The number of carbonyl (C=O) groups excluding carboxylic acids is 2. The maximum atomic E-state index is 13.1. The lowest BCUT2D eigenvalue weighted by Crippen LogP contribution is -2.21. The van der Waals surface area contributed by atoms with E-state index in [1.54, 1.807) is 109 Å². The van der Waals surface area contributed by atoms with Crippen LogP contribution in [0.3, 0.4) is 0 Å². The minimum atomic E-state index is -1.27. The molecule has 0 saturated carbocycles. The largest absolute Gasteiger partial charge is 0.507 e. The molecule has 0 aliphatic heterocycles. The first-order chi connectivity index (χ1) is 40.5. The van der Waals surface area contributed by atoms with Crippen LogP contribution in [0.15, 0.2) is 195 Å². The maximum Gasteiger partial charge on any atom is 0.344 e. The van der Waals surface area contributed by atoms with Gasteiger partial charge in [-0.2, -0.15) is 0 Å². The molecule has 0 radical (unpaired) electrons. The number of carbonyl (C=O) groups is 3. The summed E-state index contributed by atoms with van der Waals surface area (Å²) in [7, 11) is 5.35. The summed E-state index contributed by atoms with van der Waals surface area (Å²) in [6.07, 6.45) is 0.149. The molecular formula is C64H48O20. The molecule has 84 heavy (non-hydrogen) atoms. The third-order valence-electron chi connectivity index (χ3n) is 13.6. The zero-order valence-electron chi connectivity index (χ0n) is 44.9. The highest BCUT2D eigenvalue weighted by atomic mass is 16.5. The van der Waals surface area contributed by atoms with Crippen LogP contribution in [-0.4, -0.2) is 71.9 Å². The molecule has 0 aliphatic rings. The summed E-state index contributed by atoms with van der Waals surface area (Å²) in [5.74, 6) is -4.02. The van der Waals surface area contributed by atoms with Gasteiger partial charge in [-0.05, 0) is 102 Å². The number of hydrogen-bond donors (Lipinski definition) is 5. The van der Waals surface area contributed by atoms with Gasteiger partial charge in [0.1, 0.15) is 68.0 Å². The molecule has 0 unspecified atom stereocenters. The van der Waals surface area contributed by atoms with Crippen molar-refractivity contribution in [1.82, 2.24) is 0 Å². The second-order valence-corrected chi connectivity index (χ2v) is 18.5. The Morgan fingerprint density at radius 3 is 1.17 bits per heavy atom. The second-order valence-electron chi connectivity index (χ2n) is 18.5. The molecule has 0 saturated heterocycles. The number of methoxy groups -OCH3 is 4. The highest BCUT2D eigenvalue weighted by Crippen LogP contribution is 2.42. The quantitative estimate of drug-likeness (QED) is 0.0561. The molecule has 5 N–H and O–H groups in total. The molecule has 4 aromatic heterocycles. The van der Waals surface area contributed by atoms with Crippen LogP contribution < -0.4 is 32.0 Å². The van der Waals surface area contributed by atoms with Crippen LogP contribution in [0.4, 0.5) is 0 Å². The lowest BCUT2D eigenvalue weighted by atomic mass is 9.84. The Labute approximate surface area is 473 Å². The molecule has 4 heterocycles. The van der Waals surface area contributed by atoms with E-state index in [0.29, 0.717) is 44.4 Å². The highest BCUT2D eigenvalue weighted by Gasteiger charge is 2.33. The van der Waals surface area contributed by atoms with Gasteiger partial charge in [-0.3, -0.25) is 0 Å². The van der Waals surface area contributed by atoms with Crippen molar-refractivity contribution in [3.8, 4) is 34.5 Å². The first-order valence-electron chi connectivity index (χ1n) is 25.3. The van der Waals surface area contributed by atoms with Gasteiger partial charge in [0.15, 0.2) is 0 Å². The van der Waals surface area contributed by atoms with Gasteiger partial charge in [0.25, 0.3) is 0 Å². The second kappa shape index (κ2) is 24.5. The first-order valence-corrected chi connectivity index (χ1v) is 25.3. The molecule has 0 atom stereocenters. The fourth-order valence-electron chi connectivity index (χ4n) is 9.44. The zero-order valence-corrected chi connectivity index (χ0v) is 44.9. The van der Waals surface area contributed by atoms with Crippen molar-refractivity contribution in [2.75, 3.05) is 28.4 Å². The molecule has 11 aromatic rings. The van der Waals surface area contributed by atoms with E-state index in [1.165, 1.54) is 77.0 Å². The van der Waals surface area contributed by atoms with E-state index in [9.17, 15) is 59.1 Å². The molecular weight excluding hydrogens is 1090 g/mol. The summed E-state index contributed by atoms with van der Waals surface area (Å²) >= 11 is 0. The van der Waals surface area contributed by atoms with Crippen molar-refractivity contribution < 1.29 is 76.5 Å². The number of rotatable bonds is 12. The van der Waals surface area contributed by atoms with Crippen molar-refractivity contribution >= 4 is 61.8 Å². The van der Waals surface area contributed by atoms with Crippen molar-refractivity contribution in [3.63, 3.8) is 0 Å². The Morgan fingerprint density at radius 2 is 0.786 bits per heavy atom. The summed E-state index contributed by atoms with van der Waals surface area (Å²) < 4.78 is 41.0. The predicted octanol–water partition coefficient (Wildman–Crippen LogP) is 9.96. The summed E-state index contributed by atoms with van der Waals surface area (Å²) in [6, 6.07) is 41.6. The normalized spacial score (nSPS) is 10.9. The van der Waals surface area contributed by atoms with Crippen molar-refractivity contribution in [2.45, 2.75) is 18.8 Å². The number of carboxylic acid groups (broad SMARTS) is 1. The Bertz CT molecular complexity index is 4510. The highest BCUT2D eigenvalue weighted by molar-refractivity contribution is 5.94. The van der Waals surface area contributed by atoms with Crippen molar-refractivity contribution in [1.29, 1.82) is 0 Å². The SMILES string of the molecule is COC(=O)c1cc(Cc2c(O)c3ccccc3oc2=O)ccc1OC.COC(=O)c1ccc(C(c2c(O)c3ccccc3oc2=O)c2c(O)c3ccccc3oc2=O)cc1.COc1ccc(Cc2c(O)c3ccccc3oc2=O)cc1C(=O)O. The van der Waals surface area contributed by atoms with Gasteiger partial charge in [-0.15, -0.1) is 0 Å². The summed E-state index contributed by atoms with van der Waals surface area (Å²) in [5.41, 5.74) is -0.458. The van der Waals surface area contributed by atoms with Gasteiger partial charge < -0.3 is 62.1 Å². The lowest BCUT2D eigenvalue weighted by Gasteiger charge is -2.20. The lowest BCUT2D eigenvalue weighted by molar-refractivity contribution is 0.0589. The Balaban J connectivity index is 0.000000155. The van der Waals surface area contributed by atoms with E-state index in [1.807, 2.05) is 0 Å². The molecule has 7 aromatic carbocycles. The van der Waals surface area contributed by atoms with Gasteiger partial charge in [-0.25, -0.2) is 33.6 Å². The van der Waals surface area contributed by atoms with Crippen LogP contribution in [0, 0.1) is 0 Å². The van der Waals surface area contributed by atoms with E-state index in [2.05, 4.69) is 0 Å². The molecule has 0 amide bonds. The minimum Gasteiger partial charge on any atom is -0.507 e. The van der Waals surface area contributed by atoms with E-state index in [0.717, 1.165) is 0 Å². The van der Waals surface area contributed by atoms with Gasteiger partial charge in [-0.1, -0.05) is 72.8 Å². The van der Waals surface area contributed by atoms with Crippen LogP contribution in [-0.2, 0) is 22.3 Å². The molecule has 424 valence electrons. The number of benzene rings is 7. The molecule has 11 rings (SSSR count). The van der Waals surface area contributed by atoms with Crippen molar-refractivity contribution in [2.24, 2.45) is 0 Å². The topological polar surface area (TPSA) is 310 Å². The third kappa shape index (κ3) is 11.5. The summed E-state index contributed by atoms with van der Waals surface area (Å²) in [6.45, 7) is 0. The van der Waals surface area contributed by atoms with Gasteiger partial charge in [0.2, 0.25) is 0 Å². The molecule has 0 fully saturated rings. The number of aromatic carboxylic acids is 1. The number of para-hydroxylation sites is 4. The van der Waals surface area contributed by atoms with Crippen LogP contribution in [0.25, 0.3) is 43.9 Å². The van der Waals surface area contributed by atoms with Crippen LogP contribution in [0.1, 0.15) is 75.9 Å². The number of fused-ring (bicyclic) bond motifs is 4. The maximum absolute atomic E-state index is 13.1. The van der Waals surface area contributed by atoms with Crippen LogP contribution in [0.5, 0.6) is 34.5 Å². The number of carboxylic acids is 1. The summed E-state index contributed by atoms with van der Waals surface area (Å²) in [4.78, 5) is 85.7. The number of esters is 2. The molecule has 0 spiro atoms. The van der Waals surface area contributed by atoms with Gasteiger partial charge >= 0.3 is 40.4 Å². The molecule has 0 aliphatic carbocycles.